The van der Waals surface area contributed by atoms with Crippen LogP contribution in [0, 0.1) is 0 Å². The maximum Gasteiger partial charge on any atom is 0.261 e. The van der Waals surface area contributed by atoms with Gasteiger partial charge in [0.15, 0.2) is 0 Å². The molecule has 140 valence electrons. The molecule has 0 radical (unpaired) electrons. The first-order chi connectivity index (χ1) is 13.0. The van der Waals surface area contributed by atoms with Crippen molar-refractivity contribution in [2.45, 2.75) is 17.9 Å². The highest BCUT2D eigenvalue weighted by Crippen LogP contribution is 2.21. The number of aromatic nitrogens is 1. The van der Waals surface area contributed by atoms with Crippen LogP contribution in [-0.2, 0) is 10.0 Å². The van der Waals surface area contributed by atoms with Crippen molar-refractivity contribution in [3.63, 3.8) is 0 Å². The van der Waals surface area contributed by atoms with Gasteiger partial charge in [-0.05, 0) is 43.3 Å². The molecule has 1 heterocycles. The largest absolute Gasteiger partial charge is 0.489 e. The summed E-state index contributed by atoms with van der Waals surface area (Å²) in [5, 5.41) is 3.26. The molecule has 0 aliphatic carbocycles. The summed E-state index contributed by atoms with van der Waals surface area (Å²) in [6.07, 6.45) is 3.32. The zero-order valence-corrected chi connectivity index (χ0v) is 15.7. The molecule has 0 saturated heterocycles. The molecule has 1 unspecified atom stereocenters. The number of pyridine rings is 1. The predicted molar refractivity (Wildman–Crippen MR) is 107 cm³/mol. The molecule has 0 spiro atoms. The van der Waals surface area contributed by atoms with E-state index in [-0.39, 0.29) is 11.0 Å². The van der Waals surface area contributed by atoms with E-state index in [1.807, 2.05) is 19.1 Å². The van der Waals surface area contributed by atoms with E-state index in [1.54, 1.807) is 67.0 Å². The van der Waals surface area contributed by atoms with Gasteiger partial charge in [-0.1, -0.05) is 24.3 Å². The standard InChI is InChI=1S/C20H21N3O3S/c1-16(15-22-17-10-12-21-13-11-17)26-19-7-5-6-18(14-19)23-27(24,25)20-8-3-2-4-9-20/h2-14,16,23H,15H2,1H3,(H,21,22). The molecule has 2 N–H and O–H groups in total. The Bertz CT molecular complexity index is 964. The van der Waals surface area contributed by atoms with Gasteiger partial charge in [0.25, 0.3) is 10.0 Å². The van der Waals surface area contributed by atoms with Crippen LogP contribution in [-0.4, -0.2) is 26.1 Å². The highest BCUT2D eigenvalue weighted by molar-refractivity contribution is 7.92. The van der Waals surface area contributed by atoms with Crippen molar-refractivity contribution in [2.24, 2.45) is 0 Å². The summed E-state index contributed by atoms with van der Waals surface area (Å²) >= 11 is 0. The average molecular weight is 383 g/mol. The van der Waals surface area contributed by atoms with Gasteiger partial charge in [0, 0.05) is 24.1 Å². The molecule has 1 atom stereocenters. The van der Waals surface area contributed by atoms with E-state index >= 15 is 0 Å². The number of hydrogen-bond acceptors (Lipinski definition) is 5. The van der Waals surface area contributed by atoms with Crippen molar-refractivity contribution in [2.75, 3.05) is 16.6 Å². The van der Waals surface area contributed by atoms with Crippen LogP contribution in [0.5, 0.6) is 5.75 Å². The first-order valence-corrected chi connectivity index (χ1v) is 10.00. The molecule has 0 bridgehead atoms. The minimum atomic E-state index is -3.63. The summed E-state index contributed by atoms with van der Waals surface area (Å²) in [5.74, 6) is 0.590. The highest BCUT2D eigenvalue weighted by Gasteiger charge is 2.14. The van der Waals surface area contributed by atoms with Gasteiger partial charge in [0.2, 0.25) is 0 Å². The molecule has 7 heteroatoms. The maximum atomic E-state index is 12.4. The summed E-state index contributed by atoms with van der Waals surface area (Å²) in [6, 6.07) is 18.9. The molecule has 6 nitrogen and oxygen atoms in total. The van der Waals surface area contributed by atoms with Gasteiger partial charge in [0.1, 0.15) is 11.9 Å². The minimum absolute atomic E-state index is 0.112. The van der Waals surface area contributed by atoms with E-state index in [2.05, 4.69) is 15.0 Å². The van der Waals surface area contributed by atoms with E-state index in [1.165, 1.54) is 0 Å². The lowest BCUT2D eigenvalue weighted by atomic mass is 10.3. The van der Waals surface area contributed by atoms with Gasteiger partial charge >= 0.3 is 0 Å². The van der Waals surface area contributed by atoms with Crippen LogP contribution in [0.2, 0.25) is 0 Å². The number of benzene rings is 2. The Kier molecular flexibility index (Phi) is 5.93. The highest BCUT2D eigenvalue weighted by atomic mass is 32.2. The second kappa shape index (κ2) is 8.55. The van der Waals surface area contributed by atoms with Gasteiger partial charge < -0.3 is 10.1 Å². The molecule has 3 aromatic rings. The lowest BCUT2D eigenvalue weighted by molar-refractivity contribution is 0.235. The molecule has 1 aromatic heterocycles. The lowest BCUT2D eigenvalue weighted by Gasteiger charge is -2.17. The van der Waals surface area contributed by atoms with Gasteiger partial charge in [0.05, 0.1) is 17.1 Å². The van der Waals surface area contributed by atoms with E-state index in [9.17, 15) is 8.42 Å². The summed E-state index contributed by atoms with van der Waals surface area (Å²) < 4.78 is 33.3. The fourth-order valence-corrected chi connectivity index (χ4v) is 3.52. The van der Waals surface area contributed by atoms with Crippen LogP contribution in [0.25, 0.3) is 0 Å². The van der Waals surface area contributed by atoms with Crippen molar-refractivity contribution in [3.8, 4) is 5.75 Å². The Morgan fingerprint density at radius 2 is 1.70 bits per heavy atom. The minimum Gasteiger partial charge on any atom is -0.489 e. The second-order valence-electron chi connectivity index (χ2n) is 5.99. The molecule has 0 saturated carbocycles. The third-order valence-electron chi connectivity index (χ3n) is 3.75. The van der Waals surface area contributed by atoms with Crippen LogP contribution in [0.4, 0.5) is 11.4 Å². The van der Waals surface area contributed by atoms with Gasteiger partial charge in [-0.15, -0.1) is 0 Å². The Morgan fingerprint density at radius 1 is 0.963 bits per heavy atom. The number of nitrogens with zero attached hydrogens (tertiary/aromatic N) is 1. The molecule has 3 rings (SSSR count). The molecule has 2 aromatic carbocycles. The van der Waals surface area contributed by atoms with Crippen molar-refractivity contribution in [3.05, 3.63) is 79.1 Å². The van der Waals surface area contributed by atoms with Crippen molar-refractivity contribution in [1.29, 1.82) is 0 Å². The topological polar surface area (TPSA) is 80.3 Å². The lowest BCUT2D eigenvalue weighted by Crippen LogP contribution is -2.22. The predicted octanol–water partition coefficient (Wildman–Crippen LogP) is 3.76. The SMILES string of the molecule is CC(CNc1ccncc1)Oc1cccc(NS(=O)(=O)c2ccccc2)c1. The number of hydrogen-bond donors (Lipinski definition) is 2. The number of anilines is 2. The fraction of sp³-hybridized carbons (Fsp3) is 0.150. The Balaban J connectivity index is 1.61. The molecular weight excluding hydrogens is 362 g/mol. The molecule has 0 amide bonds. The van der Waals surface area contributed by atoms with E-state index in [0.29, 0.717) is 18.0 Å². The normalized spacial score (nSPS) is 12.2. The summed E-state index contributed by atoms with van der Waals surface area (Å²) in [4.78, 5) is 4.19. The van der Waals surface area contributed by atoms with Crippen LogP contribution < -0.4 is 14.8 Å². The number of sulfonamides is 1. The first kappa shape index (κ1) is 18.7. The third-order valence-corrected chi connectivity index (χ3v) is 5.15. The number of nitrogens with one attached hydrogen (secondary N) is 2. The Hall–Kier alpha value is -3.06. The van der Waals surface area contributed by atoms with Gasteiger partial charge in [-0.2, -0.15) is 0 Å². The summed E-state index contributed by atoms with van der Waals surface area (Å²) in [5.41, 5.74) is 1.41. The van der Waals surface area contributed by atoms with Crippen molar-refractivity contribution < 1.29 is 13.2 Å². The maximum absolute atomic E-state index is 12.4. The Morgan fingerprint density at radius 3 is 2.44 bits per heavy atom. The third kappa shape index (κ3) is 5.46. The molecular formula is C20H21N3O3S. The number of rotatable bonds is 8. The van der Waals surface area contributed by atoms with E-state index in [4.69, 9.17) is 4.74 Å². The molecule has 0 aliphatic rings. The van der Waals surface area contributed by atoms with Crippen molar-refractivity contribution in [1.82, 2.24) is 4.98 Å². The Labute approximate surface area is 159 Å². The van der Waals surface area contributed by atoms with Crippen molar-refractivity contribution >= 4 is 21.4 Å². The fourth-order valence-electron chi connectivity index (χ4n) is 2.45. The molecule has 0 aliphatic heterocycles. The molecule has 0 fully saturated rings. The van der Waals surface area contributed by atoms with E-state index in [0.717, 1.165) is 5.69 Å². The molecule has 27 heavy (non-hydrogen) atoms. The number of ether oxygens (including phenoxy) is 1. The van der Waals surface area contributed by atoms with Gasteiger partial charge in [-0.3, -0.25) is 9.71 Å². The first-order valence-electron chi connectivity index (χ1n) is 8.51. The average Bonchev–Trinajstić information content (AvgIpc) is 2.68. The smallest absolute Gasteiger partial charge is 0.261 e. The van der Waals surface area contributed by atoms with Crippen LogP contribution >= 0.6 is 0 Å². The van der Waals surface area contributed by atoms with E-state index < -0.39 is 10.0 Å². The zero-order valence-electron chi connectivity index (χ0n) is 14.9. The second-order valence-corrected chi connectivity index (χ2v) is 7.67. The van der Waals surface area contributed by atoms with Crippen LogP contribution in [0.3, 0.4) is 0 Å². The van der Waals surface area contributed by atoms with Crippen LogP contribution in [0.15, 0.2) is 84.0 Å². The summed E-state index contributed by atoms with van der Waals surface area (Å²) in [6.45, 7) is 2.54. The van der Waals surface area contributed by atoms with Gasteiger partial charge in [-0.25, -0.2) is 8.42 Å². The zero-order chi connectivity index (χ0) is 19.1. The monoisotopic (exact) mass is 383 g/mol. The quantitative estimate of drug-likeness (QED) is 0.619. The van der Waals surface area contributed by atoms with Crippen LogP contribution in [0.1, 0.15) is 6.92 Å². The summed E-state index contributed by atoms with van der Waals surface area (Å²) in [7, 11) is -3.63.